The van der Waals surface area contributed by atoms with Gasteiger partial charge in [-0.15, -0.1) is 0 Å². The number of carbonyl (C=O) groups excluding carboxylic acids is 1. The van der Waals surface area contributed by atoms with Crippen LogP contribution >= 0.6 is 0 Å². The summed E-state index contributed by atoms with van der Waals surface area (Å²) in [6.45, 7) is 0.554. The van der Waals surface area contributed by atoms with Crippen molar-refractivity contribution in [2.45, 2.75) is 37.5 Å². The van der Waals surface area contributed by atoms with Gasteiger partial charge in [0.25, 0.3) is 0 Å². The molecule has 1 aliphatic rings. The molecule has 4 rings (SSSR count). The topological polar surface area (TPSA) is 64.8 Å². The highest BCUT2D eigenvalue weighted by molar-refractivity contribution is 5.81. The van der Waals surface area contributed by atoms with Crippen molar-refractivity contribution in [3.05, 3.63) is 94.5 Å². The van der Waals surface area contributed by atoms with Gasteiger partial charge in [0.2, 0.25) is 5.91 Å². The zero-order chi connectivity index (χ0) is 25.9. The van der Waals surface area contributed by atoms with E-state index < -0.39 is 23.7 Å². The van der Waals surface area contributed by atoms with E-state index in [4.69, 9.17) is 15.2 Å². The summed E-state index contributed by atoms with van der Waals surface area (Å²) in [5.41, 5.74) is 8.59. The van der Waals surface area contributed by atoms with Crippen LogP contribution in [0.25, 0.3) is 0 Å². The van der Waals surface area contributed by atoms with Crippen molar-refractivity contribution in [2.75, 3.05) is 20.8 Å². The Balaban J connectivity index is 1.75. The van der Waals surface area contributed by atoms with E-state index in [0.29, 0.717) is 42.9 Å². The Morgan fingerprint density at radius 3 is 2.36 bits per heavy atom. The predicted octanol–water partition coefficient (Wildman–Crippen LogP) is 5.48. The predicted molar refractivity (Wildman–Crippen MR) is 131 cm³/mol. The van der Waals surface area contributed by atoms with E-state index in [2.05, 4.69) is 4.90 Å². The molecule has 0 saturated carbocycles. The number of hydrogen-bond donors (Lipinski definition) is 1. The highest BCUT2D eigenvalue weighted by Gasteiger charge is 2.37. The molecule has 36 heavy (non-hydrogen) atoms. The van der Waals surface area contributed by atoms with Crippen LogP contribution in [0.5, 0.6) is 11.5 Å². The van der Waals surface area contributed by atoms with E-state index in [0.717, 1.165) is 22.8 Å². The van der Waals surface area contributed by atoms with Crippen LogP contribution in [-0.4, -0.2) is 31.6 Å². The van der Waals surface area contributed by atoms with Crippen LogP contribution in [-0.2, 0) is 23.8 Å². The zero-order valence-corrected chi connectivity index (χ0v) is 20.2. The molecule has 0 spiro atoms. The lowest BCUT2D eigenvalue weighted by atomic mass is 9.86. The number of ether oxygens (including phenoxy) is 2. The van der Waals surface area contributed by atoms with E-state index in [1.54, 1.807) is 20.3 Å². The fourth-order valence-electron chi connectivity index (χ4n) is 5.04. The Hall–Kier alpha value is -3.52. The van der Waals surface area contributed by atoms with E-state index in [1.807, 2.05) is 42.5 Å². The minimum absolute atomic E-state index is 0.277. The fraction of sp³-hybridized carbons (Fsp3) is 0.321. The SMILES string of the molecule is COc1cc2c(cc1OC)[C@H](CCc1cccc(C(F)(F)F)c1)N([C@@H](C(N)=O)c1ccccc1)CC2. The third-order valence-electron chi connectivity index (χ3n) is 6.72. The molecule has 5 nitrogen and oxygen atoms in total. The highest BCUT2D eigenvalue weighted by atomic mass is 19.4. The number of carbonyl (C=O) groups is 1. The molecule has 0 bridgehead atoms. The number of nitrogens with two attached hydrogens (primary N) is 1. The van der Waals surface area contributed by atoms with Gasteiger partial charge in [0.05, 0.1) is 19.8 Å². The first-order valence-electron chi connectivity index (χ1n) is 11.7. The fourth-order valence-corrected chi connectivity index (χ4v) is 5.04. The monoisotopic (exact) mass is 498 g/mol. The minimum Gasteiger partial charge on any atom is -0.493 e. The number of alkyl halides is 3. The first-order chi connectivity index (χ1) is 17.2. The average Bonchev–Trinajstić information content (AvgIpc) is 2.87. The van der Waals surface area contributed by atoms with Crippen molar-refractivity contribution in [2.24, 2.45) is 5.73 Å². The molecule has 0 fully saturated rings. The lowest BCUT2D eigenvalue weighted by Crippen LogP contribution is -2.44. The number of benzene rings is 3. The number of aryl methyl sites for hydroxylation is 1. The van der Waals surface area contributed by atoms with E-state index >= 15 is 0 Å². The molecule has 0 aromatic heterocycles. The molecule has 0 unspecified atom stereocenters. The lowest BCUT2D eigenvalue weighted by Gasteiger charge is -2.41. The molecule has 1 heterocycles. The maximum atomic E-state index is 13.3. The molecule has 3 aromatic carbocycles. The smallest absolute Gasteiger partial charge is 0.416 e. The molecule has 0 radical (unpaired) electrons. The van der Waals surface area contributed by atoms with Crippen LogP contribution < -0.4 is 15.2 Å². The number of primary amides is 1. The maximum Gasteiger partial charge on any atom is 0.416 e. The molecular weight excluding hydrogens is 469 g/mol. The van der Waals surface area contributed by atoms with Crippen LogP contribution in [0.2, 0.25) is 0 Å². The van der Waals surface area contributed by atoms with Crippen molar-refractivity contribution >= 4 is 5.91 Å². The molecule has 1 aliphatic heterocycles. The molecule has 2 atom stereocenters. The Labute approximate surface area is 208 Å². The first-order valence-corrected chi connectivity index (χ1v) is 11.7. The molecule has 3 aromatic rings. The van der Waals surface area contributed by atoms with Gasteiger partial charge in [-0.1, -0.05) is 48.5 Å². The summed E-state index contributed by atoms with van der Waals surface area (Å²) in [5, 5.41) is 0. The first kappa shape index (κ1) is 25.6. The highest BCUT2D eigenvalue weighted by Crippen LogP contribution is 2.43. The summed E-state index contributed by atoms with van der Waals surface area (Å²) in [5.74, 6) is 0.683. The average molecular weight is 499 g/mol. The van der Waals surface area contributed by atoms with Gasteiger partial charge in [-0.05, 0) is 59.7 Å². The lowest BCUT2D eigenvalue weighted by molar-refractivity contribution is -0.137. The summed E-state index contributed by atoms with van der Waals surface area (Å²) in [6.07, 6.45) is -2.88. The van der Waals surface area contributed by atoms with Gasteiger partial charge in [-0.2, -0.15) is 13.2 Å². The summed E-state index contributed by atoms with van der Waals surface area (Å²) >= 11 is 0. The molecule has 1 amide bonds. The van der Waals surface area contributed by atoms with Crippen molar-refractivity contribution in [3.8, 4) is 11.5 Å². The number of hydrogen-bond acceptors (Lipinski definition) is 4. The number of amides is 1. The Morgan fingerprint density at radius 1 is 1.03 bits per heavy atom. The van der Waals surface area contributed by atoms with Gasteiger partial charge < -0.3 is 15.2 Å². The van der Waals surface area contributed by atoms with E-state index in [1.165, 1.54) is 12.1 Å². The van der Waals surface area contributed by atoms with Gasteiger partial charge in [-0.25, -0.2) is 0 Å². The number of fused-ring (bicyclic) bond motifs is 1. The molecular formula is C28H29F3N2O3. The quantitative estimate of drug-likeness (QED) is 0.447. The van der Waals surface area contributed by atoms with Crippen molar-refractivity contribution in [1.82, 2.24) is 4.90 Å². The van der Waals surface area contributed by atoms with Crippen molar-refractivity contribution in [3.63, 3.8) is 0 Å². The summed E-state index contributed by atoms with van der Waals surface area (Å²) in [4.78, 5) is 14.8. The van der Waals surface area contributed by atoms with Gasteiger partial charge in [0.15, 0.2) is 11.5 Å². The number of methoxy groups -OCH3 is 2. The summed E-state index contributed by atoms with van der Waals surface area (Å²) < 4.78 is 50.8. The molecule has 2 N–H and O–H groups in total. The van der Waals surface area contributed by atoms with Crippen molar-refractivity contribution < 1.29 is 27.4 Å². The standard InChI is InChI=1S/C28H29F3N2O3/c1-35-24-16-20-13-14-33(26(27(32)34)19-8-4-3-5-9-19)23(22(20)17-25(24)36-2)12-11-18-7-6-10-21(15-18)28(29,30)31/h3-10,15-17,23,26H,11-14H2,1-2H3,(H2,32,34)/t23-,26+/m0/s1. The molecule has 8 heteroatoms. The van der Waals surface area contributed by atoms with Gasteiger partial charge in [0.1, 0.15) is 6.04 Å². The van der Waals surface area contributed by atoms with Gasteiger partial charge in [-0.3, -0.25) is 9.69 Å². The van der Waals surface area contributed by atoms with Gasteiger partial charge in [0, 0.05) is 12.6 Å². The number of halogens is 3. The summed E-state index contributed by atoms with van der Waals surface area (Å²) in [6, 6.07) is 17.6. The Bertz CT molecular complexity index is 1210. The van der Waals surface area contributed by atoms with Crippen LogP contribution in [0.15, 0.2) is 66.7 Å². The van der Waals surface area contributed by atoms with Crippen molar-refractivity contribution in [1.29, 1.82) is 0 Å². The minimum atomic E-state index is -4.41. The second kappa shape index (κ2) is 10.6. The second-order valence-electron chi connectivity index (χ2n) is 8.86. The molecule has 0 aliphatic carbocycles. The Morgan fingerprint density at radius 2 is 1.72 bits per heavy atom. The molecule has 190 valence electrons. The van der Waals surface area contributed by atoms with E-state index in [9.17, 15) is 18.0 Å². The van der Waals surface area contributed by atoms with Gasteiger partial charge >= 0.3 is 6.18 Å². The van der Waals surface area contributed by atoms with Crippen LogP contribution in [0, 0.1) is 0 Å². The maximum absolute atomic E-state index is 13.3. The third-order valence-corrected chi connectivity index (χ3v) is 6.72. The largest absolute Gasteiger partial charge is 0.493 e. The second-order valence-corrected chi connectivity index (χ2v) is 8.86. The number of rotatable bonds is 8. The van der Waals surface area contributed by atoms with Crippen LogP contribution in [0.1, 0.15) is 46.3 Å². The van der Waals surface area contributed by atoms with Crippen LogP contribution in [0.3, 0.4) is 0 Å². The zero-order valence-electron chi connectivity index (χ0n) is 20.2. The Kier molecular flexibility index (Phi) is 7.54. The molecule has 0 saturated heterocycles. The third kappa shape index (κ3) is 5.33. The number of nitrogens with zero attached hydrogens (tertiary/aromatic N) is 1. The van der Waals surface area contributed by atoms with Crippen LogP contribution in [0.4, 0.5) is 13.2 Å². The normalized spacial score (nSPS) is 16.8. The van der Waals surface area contributed by atoms with E-state index in [-0.39, 0.29) is 6.04 Å². The summed E-state index contributed by atoms with van der Waals surface area (Å²) in [7, 11) is 3.13.